The van der Waals surface area contributed by atoms with E-state index in [4.69, 9.17) is 0 Å². The molecule has 1 aromatic carbocycles. The molecule has 20 heavy (non-hydrogen) atoms. The van der Waals surface area contributed by atoms with E-state index in [-0.39, 0.29) is 11.8 Å². The van der Waals surface area contributed by atoms with Gasteiger partial charge in [0.15, 0.2) is 0 Å². The number of likely N-dealkylation sites (tertiary alicyclic amines) is 1. The summed E-state index contributed by atoms with van der Waals surface area (Å²) >= 11 is 3.39. The summed E-state index contributed by atoms with van der Waals surface area (Å²) in [5, 5.41) is 0. The highest BCUT2D eigenvalue weighted by Crippen LogP contribution is 2.20. The third-order valence-corrected chi connectivity index (χ3v) is 4.45. The Morgan fingerprint density at radius 2 is 1.80 bits per heavy atom. The molecule has 0 aromatic heterocycles. The van der Waals surface area contributed by atoms with E-state index in [1.807, 2.05) is 36.1 Å². The minimum Gasteiger partial charge on any atom is -0.342 e. The molecule has 0 aliphatic carbocycles. The lowest BCUT2D eigenvalue weighted by atomic mass is 9.91. The van der Waals surface area contributed by atoms with Gasteiger partial charge >= 0.3 is 0 Å². The lowest BCUT2D eigenvalue weighted by molar-refractivity contribution is -0.134. The Hall–Kier alpha value is -1.16. The van der Waals surface area contributed by atoms with E-state index in [2.05, 4.69) is 15.9 Å². The van der Waals surface area contributed by atoms with Gasteiger partial charge in [-0.05, 0) is 30.5 Å². The van der Waals surface area contributed by atoms with Gasteiger partial charge in [-0.3, -0.25) is 9.59 Å². The molecule has 0 unspecified atom stereocenters. The number of Topliss-reactive ketones (excluding diaryl/α,β-unsaturated/α-hetero) is 1. The molecule has 1 fully saturated rings. The smallest absolute Gasteiger partial charge is 0.226 e. The van der Waals surface area contributed by atoms with Crippen LogP contribution in [0.5, 0.6) is 0 Å². The Bertz CT molecular complexity index is 476. The first-order valence-electron chi connectivity index (χ1n) is 7.15. The van der Waals surface area contributed by atoms with E-state index in [9.17, 15) is 9.59 Å². The minimum absolute atomic E-state index is 0.162. The number of rotatable bonds is 4. The molecule has 108 valence electrons. The molecule has 0 N–H and O–H groups in total. The molecule has 1 saturated heterocycles. The molecule has 1 aliphatic heterocycles. The molecule has 4 heteroatoms. The van der Waals surface area contributed by atoms with Crippen molar-refractivity contribution in [1.82, 2.24) is 4.90 Å². The van der Waals surface area contributed by atoms with E-state index in [0.717, 1.165) is 22.9 Å². The van der Waals surface area contributed by atoms with Crippen LogP contribution in [0.3, 0.4) is 0 Å². The van der Waals surface area contributed by atoms with Gasteiger partial charge in [-0.2, -0.15) is 0 Å². The summed E-state index contributed by atoms with van der Waals surface area (Å²) in [6.45, 7) is 3.34. The number of benzene rings is 1. The number of hydrogen-bond acceptors (Lipinski definition) is 2. The lowest BCUT2D eigenvalue weighted by Crippen LogP contribution is -2.40. The monoisotopic (exact) mass is 337 g/mol. The molecule has 2 rings (SSSR count). The zero-order valence-electron chi connectivity index (χ0n) is 11.8. The summed E-state index contributed by atoms with van der Waals surface area (Å²) in [5.74, 6) is 0.663. The van der Waals surface area contributed by atoms with Crippen molar-refractivity contribution in [2.75, 3.05) is 13.1 Å². The molecule has 0 saturated carbocycles. The van der Waals surface area contributed by atoms with Gasteiger partial charge in [0.05, 0.1) is 6.42 Å². The number of ketones is 1. The zero-order chi connectivity index (χ0) is 14.5. The fraction of sp³-hybridized carbons (Fsp3) is 0.500. The Kier molecular flexibility index (Phi) is 5.35. The standard InChI is InChI=1S/C16H20BrNO2/c1-2-15(19)13-7-9-18(10-8-13)16(20)11-12-3-5-14(17)6-4-12/h3-6,13H,2,7-11H2,1H3. The number of amides is 1. The third kappa shape index (κ3) is 3.92. The highest BCUT2D eigenvalue weighted by Gasteiger charge is 2.26. The highest BCUT2D eigenvalue weighted by molar-refractivity contribution is 9.10. The number of hydrogen-bond donors (Lipinski definition) is 0. The average Bonchev–Trinajstić information content (AvgIpc) is 2.49. The number of halogens is 1. The minimum atomic E-state index is 0.162. The average molecular weight is 338 g/mol. The normalized spacial score (nSPS) is 16.2. The largest absolute Gasteiger partial charge is 0.342 e. The first-order chi connectivity index (χ1) is 9.60. The van der Waals surface area contributed by atoms with Crippen LogP contribution in [-0.4, -0.2) is 29.7 Å². The van der Waals surface area contributed by atoms with Gasteiger partial charge in [-0.1, -0.05) is 35.0 Å². The second-order valence-corrected chi connectivity index (χ2v) is 6.19. The number of nitrogens with zero attached hydrogens (tertiary/aromatic N) is 1. The fourth-order valence-electron chi connectivity index (χ4n) is 2.63. The Morgan fingerprint density at radius 3 is 2.35 bits per heavy atom. The van der Waals surface area contributed by atoms with E-state index < -0.39 is 0 Å². The summed E-state index contributed by atoms with van der Waals surface area (Å²) < 4.78 is 1.02. The Balaban J connectivity index is 1.85. The van der Waals surface area contributed by atoms with Crippen molar-refractivity contribution in [3.63, 3.8) is 0 Å². The van der Waals surface area contributed by atoms with Crippen LogP contribution < -0.4 is 0 Å². The van der Waals surface area contributed by atoms with E-state index in [0.29, 0.717) is 31.7 Å². The number of carbonyl (C=O) groups excluding carboxylic acids is 2. The molecule has 0 radical (unpaired) electrons. The molecular formula is C16H20BrNO2. The van der Waals surface area contributed by atoms with Crippen LogP contribution in [-0.2, 0) is 16.0 Å². The van der Waals surface area contributed by atoms with Crippen molar-refractivity contribution in [1.29, 1.82) is 0 Å². The summed E-state index contributed by atoms with van der Waals surface area (Å²) in [5.41, 5.74) is 1.03. The van der Waals surface area contributed by atoms with Crippen LogP contribution in [0.2, 0.25) is 0 Å². The van der Waals surface area contributed by atoms with Crippen molar-refractivity contribution in [2.24, 2.45) is 5.92 Å². The summed E-state index contributed by atoms with van der Waals surface area (Å²) in [7, 11) is 0. The molecule has 1 amide bonds. The molecule has 0 spiro atoms. The van der Waals surface area contributed by atoms with Crippen LogP contribution in [0.15, 0.2) is 28.7 Å². The molecule has 1 heterocycles. The maximum Gasteiger partial charge on any atom is 0.226 e. The predicted molar refractivity (Wildman–Crippen MR) is 82.4 cm³/mol. The van der Waals surface area contributed by atoms with Crippen LogP contribution in [0, 0.1) is 5.92 Å². The summed E-state index contributed by atoms with van der Waals surface area (Å²) in [6, 6.07) is 7.84. The first kappa shape index (κ1) is 15.2. The Morgan fingerprint density at radius 1 is 1.20 bits per heavy atom. The second-order valence-electron chi connectivity index (χ2n) is 5.28. The van der Waals surface area contributed by atoms with Gasteiger partial charge in [0, 0.05) is 29.9 Å². The molecular weight excluding hydrogens is 318 g/mol. The van der Waals surface area contributed by atoms with Crippen LogP contribution in [0.25, 0.3) is 0 Å². The first-order valence-corrected chi connectivity index (χ1v) is 7.94. The van der Waals surface area contributed by atoms with Gasteiger partial charge in [0.2, 0.25) is 5.91 Å². The molecule has 1 aliphatic rings. The van der Waals surface area contributed by atoms with E-state index in [1.165, 1.54) is 0 Å². The third-order valence-electron chi connectivity index (χ3n) is 3.92. The quantitative estimate of drug-likeness (QED) is 0.845. The SMILES string of the molecule is CCC(=O)C1CCN(C(=O)Cc2ccc(Br)cc2)CC1. The van der Waals surface area contributed by atoms with Crippen molar-refractivity contribution in [2.45, 2.75) is 32.6 Å². The molecule has 0 atom stereocenters. The van der Waals surface area contributed by atoms with Gasteiger partial charge in [0.25, 0.3) is 0 Å². The van der Waals surface area contributed by atoms with Crippen molar-refractivity contribution in [3.05, 3.63) is 34.3 Å². The van der Waals surface area contributed by atoms with Gasteiger partial charge in [0.1, 0.15) is 5.78 Å². The maximum absolute atomic E-state index is 12.2. The van der Waals surface area contributed by atoms with Crippen LogP contribution >= 0.6 is 15.9 Å². The van der Waals surface area contributed by atoms with Crippen LogP contribution in [0.1, 0.15) is 31.7 Å². The van der Waals surface area contributed by atoms with Crippen molar-refractivity contribution in [3.8, 4) is 0 Å². The summed E-state index contributed by atoms with van der Waals surface area (Å²) in [4.78, 5) is 25.8. The van der Waals surface area contributed by atoms with Crippen molar-refractivity contribution < 1.29 is 9.59 Å². The Labute approximate surface area is 128 Å². The van der Waals surface area contributed by atoms with Crippen molar-refractivity contribution >= 4 is 27.6 Å². The fourth-order valence-corrected chi connectivity index (χ4v) is 2.89. The molecule has 3 nitrogen and oxygen atoms in total. The van der Waals surface area contributed by atoms with E-state index >= 15 is 0 Å². The van der Waals surface area contributed by atoms with Gasteiger partial charge in [-0.15, -0.1) is 0 Å². The highest BCUT2D eigenvalue weighted by atomic mass is 79.9. The van der Waals surface area contributed by atoms with Gasteiger partial charge in [-0.25, -0.2) is 0 Å². The topological polar surface area (TPSA) is 37.4 Å². The molecule has 0 bridgehead atoms. The lowest BCUT2D eigenvalue weighted by Gasteiger charge is -2.31. The van der Waals surface area contributed by atoms with Crippen LogP contribution in [0.4, 0.5) is 0 Å². The number of carbonyl (C=O) groups is 2. The maximum atomic E-state index is 12.2. The molecule has 1 aromatic rings. The summed E-state index contributed by atoms with van der Waals surface area (Å²) in [6.07, 6.45) is 2.69. The predicted octanol–water partition coefficient (Wildman–Crippen LogP) is 3.21. The van der Waals surface area contributed by atoms with Gasteiger partial charge < -0.3 is 4.90 Å². The zero-order valence-corrected chi connectivity index (χ0v) is 13.4. The second kappa shape index (κ2) is 7.02. The van der Waals surface area contributed by atoms with E-state index in [1.54, 1.807) is 0 Å². The number of piperidine rings is 1.